The van der Waals surface area contributed by atoms with Crippen molar-refractivity contribution in [2.24, 2.45) is 0 Å². The number of benzene rings is 2. The number of likely N-dealkylation sites (N-methyl/N-ethyl adjacent to an activating group) is 1. The summed E-state index contributed by atoms with van der Waals surface area (Å²) in [5.74, 6) is -0.0835. The molecule has 3 rings (SSSR count). The van der Waals surface area contributed by atoms with Gasteiger partial charge in [0.15, 0.2) is 5.13 Å². The predicted molar refractivity (Wildman–Crippen MR) is 156 cm³/mol. The monoisotopic (exact) mass is 567 g/mol. The number of hydrogen-bond donors (Lipinski definition) is 1. The third kappa shape index (κ3) is 9.74. The smallest absolute Gasteiger partial charge is 0.254 e. The first-order valence-electron chi connectivity index (χ1n) is 12.9. The van der Waals surface area contributed by atoms with Crippen molar-refractivity contribution < 1.29 is 23.9 Å². The highest BCUT2D eigenvalue weighted by Gasteiger charge is 2.21. The molecule has 0 atom stereocenters. The van der Waals surface area contributed by atoms with Crippen LogP contribution in [0.5, 0.6) is 5.75 Å². The van der Waals surface area contributed by atoms with Crippen LogP contribution in [0.3, 0.4) is 0 Å². The fourth-order valence-electron chi connectivity index (χ4n) is 3.83. The average molecular weight is 568 g/mol. The Bertz CT molecular complexity index is 1230. The zero-order chi connectivity index (χ0) is 28.9. The minimum absolute atomic E-state index is 0.0373. The highest BCUT2D eigenvalue weighted by molar-refractivity contribution is 7.13. The number of carbonyl (C=O) groups excluding carboxylic acids is 3. The van der Waals surface area contributed by atoms with Crippen LogP contribution in [-0.4, -0.2) is 98.5 Å². The Balaban J connectivity index is 1.61. The number of anilines is 1. The van der Waals surface area contributed by atoms with Crippen molar-refractivity contribution >= 4 is 34.2 Å². The van der Waals surface area contributed by atoms with Crippen LogP contribution >= 0.6 is 11.3 Å². The number of nitrogens with zero attached hydrogens (tertiary/aromatic N) is 4. The first-order chi connectivity index (χ1) is 19.3. The lowest BCUT2D eigenvalue weighted by Gasteiger charge is -2.24. The summed E-state index contributed by atoms with van der Waals surface area (Å²) in [6.45, 7) is 2.21. The second-order valence-electron chi connectivity index (χ2n) is 9.42. The second kappa shape index (κ2) is 15.7. The van der Waals surface area contributed by atoms with Crippen molar-refractivity contribution in [1.29, 1.82) is 0 Å². The molecule has 0 radical (unpaired) electrons. The van der Waals surface area contributed by atoms with E-state index in [0.717, 1.165) is 12.1 Å². The fourth-order valence-corrected chi connectivity index (χ4v) is 4.56. The van der Waals surface area contributed by atoms with Gasteiger partial charge in [-0.2, -0.15) is 0 Å². The fraction of sp³-hybridized carbons (Fsp3) is 0.379. The SMILES string of the molecule is COCCN(CC(=O)Nc1nc(CC(=O)N(CCN(C)C)Cc2ccccc2)cs1)C(=O)c1ccc(OC)cc1. The number of hydrogen-bond acceptors (Lipinski definition) is 8. The minimum Gasteiger partial charge on any atom is -0.497 e. The second-order valence-corrected chi connectivity index (χ2v) is 10.3. The Hall–Kier alpha value is -3.80. The van der Waals surface area contributed by atoms with Gasteiger partial charge in [0.25, 0.3) is 5.91 Å². The maximum atomic E-state index is 13.2. The molecule has 0 saturated heterocycles. The molecule has 0 aliphatic rings. The number of aromatic nitrogens is 1. The van der Waals surface area contributed by atoms with Crippen LogP contribution in [0.4, 0.5) is 5.13 Å². The molecule has 0 aliphatic heterocycles. The molecule has 40 heavy (non-hydrogen) atoms. The van der Waals surface area contributed by atoms with Crippen molar-refractivity contribution in [2.75, 3.05) is 66.4 Å². The number of rotatable bonds is 15. The number of thiazole rings is 1. The van der Waals surface area contributed by atoms with Gasteiger partial charge in [0.2, 0.25) is 11.8 Å². The van der Waals surface area contributed by atoms with Crippen molar-refractivity contribution in [3.05, 3.63) is 76.8 Å². The van der Waals surface area contributed by atoms with Gasteiger partial charge in [-0.25, -0.2) is 4.98 Å². The standard InChI is InChI=1S/C29H37N5O5S/c1-32(2)14-15-33(19-22-8-6-5-7-9-22)27(36)18-24-21-40-29(30-24)31-26(35)20-34(16-17-38-3)28(37)23-10-12-25(39-4)13-11-23/h5-13,21H,14-20H2,1-4H3,(H,30,31,35). The zero-order valence-electron chi connectivity index (χ0n) is 23.5. The molecule has 214 valence electrons. The van der Waals surface area contributed by atoms with Crippen molar-refractivity contribution in [3.8, 4) is 5.75 Å². The summed E-state index contributed by atoms with van der Waals surface area (Å²) < 4.78 is 10.3. The lowest BCUT2D eigenvalue weighted by atomic mass is 10.2. The number of amides is 3. The van der Waals surface area contributed by atoms with Gasteiger partial charge in [0, 0.05) is 44.2 Å². The molecule has 2 aromatic carbocycles. The Morgan fingerprint density at radius 2 is 1.65 bits per heavy atom. The van der Waals surface area contributed by atoms with Crippen LogP contribution in [0.25, 0.3) is 0 Å². The number of nitrogens with one attached hydrogen (secondary N) is 1. The van der Waals surface area contributed by atoms with E-state index in [1.807, 2.05) is 54.2 Å². The van der Waals surface area contributed by atoms with Gasteiger partial charge in [-0.1, -0.05) is 30.3 Å². The predicted octanol–water partition coefficient (Wildman–Crippen LogP) is 3.01. The van der Waals surface area contributed by atoms with E-state index in [-0.39, 0.29) is 43.8 Å². The van der Waals surface area contributed by atoms with Gasteiger partial charge in [0.05, 0.1) is 25.8 Å². The van der Waals surface area contributed by atoms with E-state index in [0.29, 0.717) is 35.2 Å². The molecular formula is C29H37N5O5S. The largest absolute Gasteiger partial charge is 0.497 e. The van der Waals surface area contributed by atoms with Gasteiger partial charge in [-0.3, -0.25) is 14.4 Å². The summed E-state index contributed by atoms with van der Waals surface area (Å²) in [5, 5.41) is 4.90. The molecule has 10 nitrogen and oxygen atoms in total. The van der Waals surface area contributed by atoms with Gasteiger partial charge in [-0.15, -0.1) is 11.3 Å². The molecule has 1 heterocycles. The molecule has 1 aromatic heterocycles. The quantitative estimate of drug-likeness (QED) is 0.301. The Morgan fingerprint density at radius 1 is 0.925 bits per heavy atom. The van der Waals surface area contributed by atoms with Gasteiger partial charge in [0.1, 0.15) is 12.3 Å². The Morgan fingerprint density at radius 3 is 2.30 bits per heavy atom. The summed E-state index contributed by atoms with van der Waals surface area (Å²) in [6, 6.07) is 16.6. The molecule has 0 unspecified atom stereocenters. The Kier molecular flexibility index (Phi) is 12.1. The van der Waals surface area contributed by atoms with Crippen molar-refractivity contribution in [1.82, 2.24) is 19.7 Å². The average Bonchev–Trinajstić information content (AvgIpc) is 3.39. The number of ether oxygens (including phenoxy) is 2. The van der Waals surface area contributed by atoms with E-state index in [4.69, 9.17) is 9.47 Å². The molecule has 3 aromatic rings. The van der Waals surface area contributed by atoms with E-state index >= 15 is 0 Å². The van der Waals surface area contributed by atoms with Gasteiger partial charge >= 0.3 is 0 Å². The van der Waals surface area contributed by atoms with E-state index in [1.165, 1.54) is 23.3 Å². The number of methoxy groups -OCH3 is 2. The maximum absolute atomic E-state index is 13.2. The Labute approximate surface area is 239 Å². The van der Waals surface area contributed by atoms with Crippen molar-refractivity contribution in [2.45, 2.75) is 13.0 Å². The van der Waals surface area contributed by atoms with Crippen LogP contribution in [0.2, 0.25) is 0 Å². The third-order valence-electron chi connectivity index (χ3n) is 6.04. The van der Waals surface area contributed by atoms with E-state index < -0.39 is 0 Å². The summed E-state index contributed by atoms with van der Waals surface area (Å²) in [4.78, 5) is 48.8. The van der Waals surface area contributed by atoms with Crippen LogP contribution in [0, 0.1) is 0 Å². The molecule has 0 spiro atoms. The summed E-state index contributed by atoms with van der Waals surface area (Å²) in [5.41, 5.74) is 2.08. The van der Waals surface area contributed by atoms with Crippen LogP contribution < -0.4 is 10.1 Å². The topological polar surface area (TPSA) is 104 Å². The van der Waals surface area contributed by atoms with Gasteiger partial charge < -0.3 is 29.5 Å². The lowest BCUT2D eigenvalue weighted by molar-refractivity contribution is -0.131. The summed E-state index contributed by atoms with van der Waals surface area (Å²) >= 11 is 1.24. The molecule has 1 N–H and O–H groups in total. The molecular weight excluding hydrogens is 530 g/mol. The molecule has 0 fully saturated rings. The highest BCUT2D eigenvalue weighted by Crippen LogP contribution is 2.18. The van der Waals surface area contributed by atoms with Crippen molar-refractivity contribution in [3.63, 3.8) is 0 Å². The maximum Gasteiger partial charge on any atom is 0.254 e. The molecule has 0 saturated carbocycles. The minimum atomic E-state index is -0.387. The molecule has 0 bridgehead atoms. The first-order valence-corrected chi connectivity index (χ1v) is 13.8. The molecule has 0 aliphatic carbocycles. The number of carbonyl (C=O) groups is 3. The van der Waals surface area contributed by atoms with Crippen LogP contribution in [0.15, 0.2) is 60.0 Å². The highest BCUT2D eigenvalue weighted by atomic mass is 32.1. The van der Waals surface area contributed by atoms with E-state index in [2.05, 4.69) is 10.3 Å². The lowest BCUT2D eigenvalue weighted by Crippen LogP contribution is -2.40. The van der Waals surface area contributed by atoms with Gasteiger partial charge in [-0.05, 0) is 43.9 Å². The normalized spacial score (nSPS) is 10.8. The van der Waals surface area contributed by atoms with E-state index in [1.54, 1.807) is 36.8 Å². The molecule has 3 amide bonds. The van der Waals surface area contributed by atoms with E-state index in [9.17, 15) is 14.4 Å². The van der Waals surface area contributed by atoms with Crippen LogP contribution in [0.1, 0.15) is 21.6 Å². The zero-order valence-corrected chi connectivity index (χ0v) is 24.3. The molecule has 11 heteroatoms. The summed E-state index contributed by atoms with van der Waals surface area (Å²) in [6.07, 6.45) is 0.128. The summed E-state index contributed by atoms with van der Waals surface area (Å²) in [7, 11) is 7.04. The third-order valence-corrected chi connectivity index (χ3v) is 6.85. The van der Waals surface area contributed by atoms with Crippen LogP contribution in [-0.2, 0) is 27.3 Å². The first kappa shape index (κ1) is 30.7.